The van der Waals surface area contributed by atoms with E-state index in [1.807, 2.05) is 0 Å². The van der Waals surface area contributed by atoms with Crippen LogP contribution in [0.2, 0.25) is 0 Å². The molecule has 1 aromatic heterocycles. The van der Waals surface area contributed by atoms with Crippen LogP contribution in [0.3, 0.4) is 0 Å². The SMILES string of the molecule is Cc1c(C)n2c3c(cccc13)Oc1cc(-c3ccc4c(c3)C3(c5ccccc5-c5ccccc53)c3ccccc3-4)ccc1-2. The van der Waals surface area contributed by atoms with Gasteiger partial charge in [-0.15, -0.1) is 0 Å². The number of hydrogen-bond donors (Lipinski definition) is 0. The smallest absolute Gasteiger partial charge is 0.152 e. The van der Waals surface area contributed by atoms with E-state index in [9.17, 15) is 0 Å². The molecular formula is C41H27NO. The van der Waals surface area contributed by atoms with Crippen LogP contribution in [0.15, 0.2) is 127 Å². The molecule has 2 aliphatic carbocycles. The van der Waals surface area contributed by atoms with Crippen molar-refractivity contribution in [3.05, 3.63) is 161 Å². The van der Waals surface area contributed by atoms with Crippen molar-refractivity contribution in [1.29, 1.82) is 0 Å². The van der Waals surface area contributed by atoms with Gasteiger partial charge in [0.05, 0.1) is 16.6 Å². The second-order valence-corrected chi connectivity index (χ2v) is 12.1. The second-order valence-electron chi connectivity index (χ2n) is 12.1. The molecule has 0 fully saturated rings. The maximum Gasteiger partial charge on any atom is 0.152 e. The molecule has 3 aliphatic rings. The number of ether oxygens (including phenoxy) is 1. The summed E-state index contributed by atoms with van der Waals surface area (Å²) in [5, 5.41) is 1.25. The molecule has 0 bridgehead atoms. The Morgan fingerprint density at radius 2 is 1.09 bits per heavy atom. The highest BCUT2D eigenvalue weighted by molar-refractivity contribution is 5.97. The number of para-hydroxylation sites is 1. The minimum Gasteiger partial charge on any atom is -0.453 e. The van der Waals surface area contributed by atoms with Crippen molar-refractivity contribution in [1.82, 2.24) is 4.57 Å². The number of benzene rings is 6. The monoisotopic (exact) mass is 549 g/mol. The minimum absolute atomic E-state index is 0.343. The van der Waals surface area contributed by atoms with Crippen LogP contribution in [0.25, 0.3) is 50.0 Å². The lowest BCUT2D eigenvalue weighted by atomic mass is 9.70. The van der Waals surface area contributed by atoms with Gasteiger partial charge >= 0.3 is 0 Å². The molecule has 202 valence electrons. The fourth-order valence-electron chi connectivity index (χ4n) is 8.32. The van der Waals surface area contributed by atoms with Crippen molar-refractivity contribution in [2.45, 2.75) is 19.3 Å². The van der Waals surface area contributed by atoms with Crippen molar-refractivity contribution >= 4 is 10.9 Å². The lowest BCUT2D eigenvalue weighted by molar-refractivity contribution is 0.475. The van der Waals surface area contributed by atoms with Gasteiger partial charge in [-0.1, -0.05) is 103 Å². The minimum atomic E-state index is -0.343. The Bertz CT molecular complexity index is 2290. The zero-order valence-corrected chi connectivity index (χ0v) is 24.0. The van der Waals surface area contributed by atoms with E-state index in [4.69, 9.17) is 4.74 Å². The molecule has 0 saturated heterocycles. The van der Waals surface area contributed by atoms with Gasteiger partial charge in [-0.3, -0.25) is 0 Å². The van der Waals surface area contributed by atoms with Crippen LogP contribution < -0.4 is 4.74 Å². The predicted molar refractivity (Wildman–Crippen MR) is 175 cm³/mol. The van der Waals surface area contributed by atoms with Gasteiger partial charge in [0.1, 0.15) is 0 Å². The van der Waals surface area contributed by atoms with Crippen molar-refractivity contribution in [2.24, 2.45) is 0 Å². The maximum absolute atomic E-state index is 6.59. The van der Waals surface area contributed by atoms with Gasteiger partial charge in [0.25, 0.3) is 0 Å². The van der Waals surface area contributed by atoms with Crippen LogP contribution in [0, 0.1) is 13.8 Å². The Labute approximate surface area is 250 Å². The summed E-state index contributed by atoms with van der Waals surface area (Å²) in [7, 11) is 0. The standard InChI is InChI=1S/C41H27NO/c1-24-25(2)42-37-21-19-27(23-39(37)43-38-17-9-13-28(24)40(38)42)26-18-20-32-31-12-5-8-16-35(31)41(36(32)22-26)33-14-6-3-10-29(33)30-11-4-7-15-34(30)41/h3-23H,1-2H3. The highest BCUT2D eigenvalue weighted by Crippen LogP contribution is 2.63. The predicted octanol–water partition coefficient (Wildman–Crippen LogP) is 10.4. The number of nitrogens with zero attached hydrogens (tertiary/aromatic N) is 1. The summed E-state index contributed by atoms with van der Waals surface area (Å²) in [5.74, 6) is 1.81. The normalized spacial score (nSPS) is 14.2. The average Bonchev–Trinajstić information content (AvgIpc) is 3.63. The van der Waals surface area contributed by atoms with Gasteiger partial charge in [0.2, 0.25) is 0 Å². The van der Waals surface area contributed by atoms with Crippen molar-refractivity contribution in [3.63, 3.8) is 0 Å². The van der Waals surface area contributed by atoms with Crippen LogP contribution in [0.4, 0.5) is 0 Å². The third-order valence-corrected chi connectivity index (χ3v) is 10.3. The number of aryl methyl sites for hydroxylation is 1. The number of rotatable bonds is 1. The number of fused-ring (bicyclic) bond motifs is 12. The molecular weight excluding hydrogens is 522 g/mol. The summed E-state index contributed by atoms with van der Waals surface area (Å²) < 4.78 is 8.95. The summed E-state index contributed by atoms with van der Waals surface area (Å²) in [6.07, 6.45) is 0. The molecule has 1 aliphatic heterocycles. The molecule has 2 heterocycles. The molecule has 2 nitrogen and oxygen atoms in total. The Kier molecular flexibility index (Phi) is 4.29. The van der Waals surface area contributed by atoms with E-state index in [1.54, 1.807) is 0 Å². The molecule has 10 rings (SSSR count). The summed E-state index contributed by atoms with van der Waals surface area (Å²) in [4.78, 5) is 0. The molecule has 0 saturated carbocycles. The van der Waals surface area contributed by atoms with Crippen LogP contribution >= 0.6 is 0 Å². The fourth-order valence-corrected chi connectivity index (χ4v) is 8.32. The third-order valence-electron chi connectivity index (χ3n) is 10.3. The summed E-state index contributed by atoms with van der Waals surface area (Å²) in [6.45, 7) is 4.41. The molecule has 7 aromatic rings. The first kappa shape index (κ1) is 23.2. The maximum atomic E-state index is 6.59. The van der Waals surface area contributed by atoms with E-state index in [2.05, 4.69) is 146 Å². The molecule has 6 aromatic carbocycles. The van der Waals surface area contributed by atoms with Gasteiger partial charge in [-0.25, -0.2) is 0 Å². The molecule has 2 heteroatoms. The summed E-state index contributed by atoms with van der Waals surface area (Å²) >= 11 is 0. The molecule has 0 unspecified atom stereocenters. The van der Waals surface area contributed by atoms with Gasteiger partial charge in [0.15, 0.2) is 11.5 Å². The first-order chi connectivity index (χ1) is 21.2. The van der Waals surface area contributed by atoms with Crippen molar-refractivity contribution < 1.29 is 4.74 Å². The Balaban J connectivity index is 1.21. The van der Waals surface area contributed by atoms with E-state index < -0.39 is 0 Å². The second kappa shape index (κ2) is 7.93. The quantitative estimate of drug-likeness (QED) is 0.199. The number of aromatic nitrogens is 1. The highest BCUT2D eigenvalue weighted by Gasteiger charge is 2.51. The van der Waals surface area contributed by atoms with E-state index in [0.29, 0.717) is 0 Å². The zero-order valence-electron chi connectivity index (χ0n) is 24.0. The Hall–Kier alpha value is -5.34. The highest BCUT2D eigenvalue weighted by atomic mass is 16.5. The zero-order chi connectivity index (χ0) is 28.4. The molecule has 43 heavy (non-hydrogen) atoms. The van der Waals surface area contributed by atoms with Crippen molar-refractivity contribution in [3.8, 4) is 50.6 Å². The average molecular weight is 550 g/mol. The van der Waals surface area contributed by atoms with Gasteiger partial charge in [-0.05, 0) is 99.3 Å². The van der Waals surface area contributed by atoms with Gasteiger partial charge < -0.3 is 9.30 Å². The van der Waals surface area contributed by atoms with Crippen LogP contribution in [0.1, 0.15) is 33.5 Å². The van der Waals surface area contributed by atoms with E-state index in [1.165, 1.54) is 66.7 Å². The van der Waals surface area contributed by atoms with E-state index >= 15 is 0 Å². The summed E-state index contributed by atoms with van der Waals surface area (Å²) in [6, 6.07) is 47.1. The van der Waals surface area contributed by atoms with Gasteiger partial charge in [-0.2, -0.15) is 0 Å². The van der Waals surface area contributed by atoms with Crippen LogP contribution in [0.5, 0.6) is 11.5 Å². The Morgan fingerprint density at radius 1 is 0.512 bits per heavy atom. The molecule has 1 spiro atoms. The molecule has 0 radical (unpaired) electrons. The summed E-state index contributed by atoms with van der Waals surface area (Å²) in [5.41, 5.74) is 17.6. The lowest BCUT2D eigenvalue weighted by Gasteiger charge is -2.30. The van der Waals surface area contributed by atoms with E-state index in [0.717, 1.165) is 28.3 Å². The van der Waals surface area contributed by atoms with Crippen molar-refractivity contribution in [2.75, 3.05) is 0 Å². The third kappa shape index (κ3) is 2.70. The first-order valence-electron chi connectivity index (χ1n) is 15.0. The number of hydrogen-bond acceptors (Lipinski definition) is 1. The topological polar surface area (TPSA) is 14.2 Å². The largest absolute Gasteiger partial charge is 0.453 e. The van der Waals surface area contributed by atoms with Gasteiger partial charge in [0, 0.05) is 11.1 Å². The Morgan fingerprint density at radius 3 is 1.77 bits per heavy atom. The van der Waals surface area contributed by atoms with Crippen LogP contribution in [-0.2, 0) is 5.41 Å². The molecule has 0 amide bonds. The fraction of sp³-hybridized carbons (Fsp3) is 0.0732. The van der Waals surface area contributed by atoms with E-state index in [-0.39, 0.29) is 5.41 Å². The molecule has 0 atom stereocenters. The lowest BCUT2D eigenvalue weighted by Crippen LogP contribution is -2.25. The molecule has 0 N–H and O–H groups in total. The van der Waals surface area contributed by atoms with Crippen LogP contribution in [-0.4, -0.2) is 4.57 Å². The first-order valence-corrected chi connectivity index (χ1v) is 15.0.